The maximum Gasteiger partial charge on any atom is 0.324 e. The molecule has 1 aliphatic heterocycles. The molecule has 4 rings (SSSR count). The summed E-state index contributed by atoms with van der Waals surface area (Å²) in [7, 11) is 0. The molecular formula is C26H29N5O5. The summed E-state index contributed by atoms with van der Waals surface area (Å²) < 4.78 is 17.0. The van der Waals surface area contributed by atoms with E-state index in [-0.39, 0.29) is 6.10 Å². The SMILES string of the molecule is CCOc1ccccc1O[C@@H]1CCCN(c2cncc(NC(=O)Nc3cccc(OC(C)=O)c3)n2)C1. The zero-order valence-electron chi connectivity index (χ0n) is 20.3. The maximum absolute atomic E-state index is 12.5. The Bertz CT molecular complexity index is 1200. The quantitative estimate of drug-likeness (QED) is 0.350. The molecule has 1 atom stereocenters. The van der Waals surface area contributed by atoms with Gasteiger partial charge in [0, 0.05) is 25.2 Å². The zero-order chi connectivity index (χ0) is 25.3. The first kappa shape index (κ1) is 24.8. The van der Waals surface area contributed by atoms with Gasteiger partial charge in [-0.15, -0.1) is 0 Å². The van der Waals surface area contributed by atoms with Crippen molar-refractivity contribution >= 4 is 29.3 Å². The fraction of sp³-hybridized carbons (Fsp3) is 0.308. The zero-order valence-corrected chi connectivity index (χ0v) is 20.3. The lowest BCUT2D eigenvalue weighted by Gasteiger charge is -2.33. The number of benzene rings is 2. The van der Waals surface area contributed by atoms with Gasteiger partial charge in [0.15, 0.2) is 17.3 Å². The number of nitrogens with zero attached hydrogens (tertiary/aromatic N) is 3. The predicted molar refractivity (Wildman–Crippen MR) is 136 cm³/mol. The van der Waals surface area contributed by atoms with Crippen molar-refractivity contribution in [2.24, 2.45) is 0 Å². The van der Waals surface area contributed by atoms with E-state index in [9.17, 15) is 9.59 Å². The molecule has 36 heavy (non-hydrogen) atoms. The number of rotatable bonds is 8. The largest absolute Gasteiger partial charge is 0.490 e. The first-order chi connectivity index (χ1) is 17.5. The topological polar surface area (TPSA) is 115 Å². The van der Waals surface area contributed by atoms with E-state index in [2.05, 4.69) is 25.5 Å². The minimum absolute atomic E-state index is 0.0356. The molecule has 10 heteroatoms. The Balaban J connectivity index is 1.37. The molecule has 1 aliphatic rings. The highest BCUT2D eigenvalue weighted by Gasteiger charge is 2.24. The van der Waals surface area contributed by atoms with Crippen molar-refractivity contribution in [3.8, 4) is 17.2 Å². The normalized spacial score (nSPS) is 15.1. The van der Waals surface area contributed by atoms with Crippen molar-refractivity contribution in [1.82, 2.24) is 9.97 Å². The summed E-state index contributed by atoms with van der Waals surface area (Å²) in [6.07, 6.45) is 4.96. The van der Waals surface area contributed by atoms with E-state index in [1.165, 1.54) is 13.1 Å². The molecule has 3 aromatic rings. The van der Waals surface area contributed by atoms with Gasteiger partial charge in [-0.2, -0.15) is 0 Å². The van der Waals surface area contributed by atoms with E-state index < -0.39 is 12.0 Å². The van der Waals surface area contributed by atoms with Gasteiger partial charge in [-0.25, -0.2) is 9.78 Å². The van der Waals surface area contributed by atoms with E-state index >= 15 is 0 Å². The van der Waals surface area contributed by atoms with Gasteiger partial charge >= 0.3 is 12.0 Å². The van der Waals surface area contributed by atoms with Crippen LogP contribution in [-0.4, -0.2) is 47.8 Å². The smallest absolute Gasteiger partial charge is 0.324 e. The van der Waals surface area contributed by atoms with Crippen LogP contribution in [-0.2, 0) is 4.79 Å². The monoisotopic (exact) mass is 491 g/mol. The average molecular weight is 492 g/mol. The lowest BCUT2D eigenvalue weighted by molar-refractivity contribution is -0.131. The number of esters is 1. The minimum atomic E-state index is -0.492. The van der Waals surface area contributed by atoms with Crippen molar-refractivity contribution in [3.63, 3.8) is 0 Å². The van der Waals surface area contributed by atoms with Crippen LogP contribution in [0.1, 0.15) is 26.7 Å². The molecule has 2 amide bonds. The number of hydrogen-bond donors (Lipinski definition) is 2. The number of carbonyl (C=O) groups is 2. The van der Waals surface area contributed by atoms with Gasteiger partial charge < -0.3 is 24.4 Å². The maximum atomic E-state index is 12.5. The van der Waals surface area contributed by atoms with Gasteiger partial charge in [-0.3, -0.25) is 15.1 Å². The van der Waals surface area contributed by atoms with Gasteiger partial charge in [-0.05, 0) is 44.0 Å². The van der Waals surface area contributed by atoms with E-state index in [1.807, 2.05) is 31.2 Å². The van der Waals surface area contributed by atoms with E-state index in [0.717, 1.165) is 30.9 Å². The third-order valence-electron chi connectivity index (χ3n) is 5.36. The van der Waals surface area contributed by atoms with Crippen LogP contribution in [0.15, 0.2) is 60.9 Å². The number of hydrogen-bond acceptors (Lipinski definition) is 8. The van der Waals surface area contributed by atoms with Crippen molar-refractivity contribution in [1.29, 1.82) is 0 Å². The van der Waals surface area contributed by atoms with Crippen LogP contribution >= 0.6 is 0 Å². The Hall–Kier alpha value is -4.34. The number of anilines is 3. The van der Waals surface area contributed by atoms with Gasteiger partial charge in [0.1, 0.15) is 17.7 Å². The molecular weight excluding hydrogens is 462 g/mol. The molecule has 2 N–H and O–H groups in total. The summed E-state index contributed by atoms with van der Waals surface area (Å²) in [6.45, 7) is 5.26. The number of piperidine rings is 1. The molecule has 1 saturated heterocycles. The van der Waals surface area contributed by atoms with Gasteiger partial charge in [0.2, 0.25) is 0 Å². The number of amides is 2. The van der Waals surface area contributed by atoms with Crippen LogP contribution in [0.3, 0.4) is 0 Å². The molecule has 0 radical (unpaired) electrons. The second kappa shape index (κ2) is 11.9. The van der Waals surface area contributed by atoms with E-state index in [4.69, 9.17) is 14.2 Å². The molecule has 10 nitrogen and oxygen atoms in total. The predicted octanol–water partition coefficient (Wildman–Crippen LogP) is 4.49. The summed E-state index contributed by atoms with van der Waals surface area (Å²) >= 11 is 0. The standard InChI is InChI=1S/C26H29N5O5/c1-3-34-22-11-4-5-12-23(22)36-21-10-7-13-31(17-21)25-16-27-15-24(29-25)30-26(33)28-19-8-6-9-20(14-19)35-18(2)32/h4-6,8-9,11-12,14-16,21H,3,7,10,13,17H2,1-2H3,(H2,28,29,30,33)/t21-/m1/s1. The number of para-hydroxylation sites is 2. The van der Waals surface area contributed by atoms with Crippen molar-refractivity contribution in [2.75, 3.05) is 35.2 Å². The second-order valence-corrected chi connectivity index (χ2v) is 8.17. The molecule has 188 valence electrons. The fourth-order valence-electron chi connectivity index (χ4n) is 3.89. The first-order valence-corrected chi connectivity index (χ1v) is 11.8. The van der Waals surface area contributed by atoms with Crippen LogP contribution < -0.4 is 29.7 Å². The number of urea groups is 1. The van der Waals surface area contributed by atoms with Crippen LogP contribution in [0.2, 0.25) is 0 Å². The lowest BCUT2D eigenvalue weighted by atomic mass is 10.1. The molecule has 2 heterocycles. The lowest BCUT2D eigenvalue weighted by Crippen LogP contribution is -2.41. The molecule has 0 spiro atoms. The Morgan fingerprint density at radius 1 is 1.08 bits per heavy atom. The molecule has 0 bridgehead atoms. The fourth-order valence-corrected chi connectivity index (χ4v) is 3.89. The highest BCUT2D eigenvalue weighted by atomic mass is 16.5. The second-order valence-electron chi connectivity index (χ2n) is 8.17. The van der Waals surface area contributed by atoms with Crippen LogP contribution in [0.25, 0.3) is 0 Å². The molecule has 1 fully saturated rings. The van der Waals surface area contributed by atoms with Crippen molar-refractivity contribution in [2.45, 2.75) is 32.8 Å². The Morgan fingerprint density at radius 3 is 2.72 bits per heavy atom. The molecule has 0 unspecified atom stereocenters. The van der Waals surface area contributed by atoms with E-state index in [1.54, 1.807) is 30.5 Å². The molecule has 0 aliphatic carbocycles. The highest BCUT2D eigenvalue weighted by Crippen LogP contribution is 2.30. The Morgan fingerprint density at radius 2 is 1.92 bits per heavy atom. The summed E-state index contributed by atoms with van der Waals surface area (Å²) in [4.78, 5) is 34.6. The van der Waals surface area contributed by atoms with E-state index in [0.29, 0.717) is 36.2 Å². The first-order valence-electron chi connectivity index (χ1n) is 11.8. The third-order valence-corrected chi connectivity index (χ3v) is 5.36. The minimum Gasteiger partial charge on any atom is -0.490 e. The molecule has 2 aromatic carbocycles. The van der Waals surface area contributed by atoms with Crippen molar-refractivity contribution < 1.29 is 23.8 Å². The average Bonchev–Trinajstić information content (AvgIpc) is 2.85. The summed E-state index contributed by atoms with van der Waals surface area (Å²) in [6, 6.07) is 13.7. The summed E-state index contributed by atoms with van der Waals surface area (Å²) in [5.74, 6) is 2.32. The molecule has 1 aromatic heterocycles. The highest BCUT2D eigenvalue weighted by molar-refractivity contribution is 5.99. The van der Waals surface area contributed by atoms with Crippen LogP contribution in [0.5, 0.6) is 17.2 Å². The number of carbonyl (C=O) groups excluding carboxylic acids is 2. The Kier molecular flexibility index (Phi) is 8.17. The number of aromatic nitrogens is 2. The number of ether oxygens (including phenoxy) is 3. The van der Waals surface area contributed by atoms with Crippen LogP contribution in [0, 0.1) is 0 Å². The van der Waals surface area contributed by atoms with Gasteiger partial charge in [0.05, 0.1) is 25.5 Å². The summed E-state index contributed by atoms with van der Waals surface area (Å²) in [5.41, 5.74) is 0.471. The number of nitrogens with one attached hydrogen (secondary N) is 2. The third kappa shape index (κ3) is 6.84. The van der Waals surface area contributed by atoms with Gasteiger partial charge in [0.25, 0.3) is 0 Å². The van der Waals surface area contributed by atoms with Gasteiger partial charge in [-0.1, -0.05) is 18.2 Å². The van der Waals surface area contributed by atoms with Crippen LogP contribution in [0.4, 0.5) is 22.1 Å². The summed E-state index contributed by atoms with van der Waals surface area (Å²) in [5, 5.41) is 5.40. The van der Waals surface area contributed by atoms with Crippen molar-refractivity contribution in [3.05, 3.63) is 60.9 Å². The molecule has 0 saturated carbocycles. The Labute approximate surface area is 209 Å².